The van der Waals surface area contributed by atoms with E-state index in [1.807, 2.05) is 19.2 Å². The Bertz CT molecular complexity index is 1200. The topological polar surface area (TPSA) is 82.8 Å². The Kier molecular flexibility index (Phi) is 3.99. The molecule has 1 fully saturated rings. The van der Waals surface area contributed by atoms with Crippen LogP contribution in [-0.2, 0) is 16.4 Å². The average Bonchev–Trinajstić information content (AvgIpc) is 3.07. The van der Waals surface area contributed by atoms with Gasteiger partial charge in [0.25, 0.3) is 10.0 Å². The molecule has 3 aromatic rings. The number of piperidine rings is 1. The van der Waals surface area contributed by atoms with Crippen LogP contribution in [0.3, 0.4) is 0 Å². The maximum Gasteiger partial charge on any atom is 0.268 e. The number of rotatable bonds is 2. The molecule has 4 atom stereocenters. The summed E-state index contributed by atoms with van der Waals surface area (Å²) in [6.45, 7) is 2.02. The number of hydrogen-bond acceptors (Lipinski definition) is 5. The number of aromatic nitrogens is 1. The second-order valence-corrected chi connectivity index (χ2v) is 10.3. The van der Waals surface area contributed by atoms with E-state index in [1.165, 1.54) is 3.97 Å². The molecule has 2 aliphatic rings. The number of benzene rings is 2. The molecule has 0 saturated carbocycles. The summed E-state index contributed by atoms with van der Waals surface area (Å²) in [7, 11) is -1.79. The van der Waals surface area contributed by atoms with Crippen molar-refractivity contribution in [1.82, 2.24) is 8.87 Å². The van der Waals surface area contributed by atoms with Crippen LogP contribution in [0.5, 0.6) is 0 Å². The van der Waals surface area contributed by atoms with Crippen molar-refractivity contribution in [1.29, 1.82) is 0 Å². The predicted octanol–water partition coefficient (Wildman–Crippen LogP) is 1.94. The molecule has 1 saturated heterocycles. The van der Waals surface area contributed by atoms with Gasteiger partial charge in [0, 0.05) is 30.1 Å². The van der Waals surface area contributed by atoms with Crippen LogP contribution in [0.2, 0.25) is 0 Å². The summed E-state index contributed by atoms with van der Waals surface area (Å²) in [5.41, 5.74) is 1.24. The van der Waals surface area contributed by atoms with Crippen molar-refractivity contribution in [2.75, 3.05) is 13.6 Å². The van der Waals surface area contributed by atoms with E-state index in [0.29, 0.717) is 18.5 Å². The Hall–Kier alpha value is -2.19. The minimum Gasteiger partial charge on any atom is -0.389 e. The molecule has 29 heavy (non-hydrogen) atoms. The minimum absolute atomic E-state index is 0.00129. The van der Waals surface area contributed by atoms with Gasteiger partial charge in [-0.2, -0.15) is 0 Å². The van der Waals surface area contributed by atoms with Crippen LogP contribution < -0.4 is 0 Å². The van der Waals surface area contributed by atoms with Crippen molar-refractivity contribution < 1.29 is 18.6 Å². The van der Waals surface area contributed by atoms with Gasteiger partial charge in [0.05, 0.1) is 16.5 Å². The highest BCUT2D eigenvalue weighted by Gasteiger charge is 2.50. The van der Waals surface area contributed by atoms with E-state index in [-0.39, 0.29) is 16.9 Å². The van der Waals surface area contributed by atoms with E-state index in [1.54, 1.807) is 49.5 Å². The van der Waals surface area contributed by atoms with Gasteiger partial charge in [-0.05, 0) is 49.7 Å². The van der Waals surface area contributed by atoms with Gasteiger partial charge in [0.2, 0.25) is 0 Å². The van der Waals surface area contributed by atoms with Crippen molar-refractivity contribution in [3.63, 3.8) is 0 Å². The van der Waals surface area contributed by atoms with Gasteiger partial charge >= 0.3 is 0 Å². The first-order valence-electron chi connectivity index (χ1n) is 9.76. The Morgan fingerprint density at radius 1 is 1.10 bits per heavy atom. The van der Waals surface area contributed by atoms with Crippen LogP contribution >= 0.6 is 0 Å². The van der Waals surface area contributed by atoms with Crippen molar-refractivity contribution in [3.05, 3.63) is 65.9 Å². The molecule has 4 unspecified atom stereocenters. The summed E-state index contributed by atoms with van der Waals surface area (Å²) in [5.74, 6) is -0.282. The number of nitrogens with zero attached hydrogens (tertiary/aromatic N) is 2. The largest absolute Gasteiger partial charge is 0.389 e. The lowest BCUT2D eigenvalue weighted by atomic mass is 9.69. The van der Waals surface area contributed by atoms with E-state index in [0.717, 1.165) is 16.5 Å². The molecular formula is C22H24N2O4S. The summed E-state index contributed by atoms with van der Waals surface area (Å²) in [4.78, 5) is 2.31. The molecule has 6 nitrogen and oxygen atoms in total. The fourth-order valence-electron chi connectivity index (χ4n) is 5.18. The lowest BCUT2D eigenvalue weighted by Gasteiger charge is -2.51. The molecule has 0 radical (unpaired) electrons. The van der Waals surface area contributed by atoms with Gasteiger partial charge in [-0.1, -0.05) is 30.3 Å². The number of likely N-dealkylation sites (N-methyl/N-ethyl adjacent to an activating group) is 1. The number of fused-ring (bicyclic) bond motifs is 2. The Morgan fingerprint density at radius 3 is 2.55 bits per heavy atom. The second-order valence-electron chi connectivity index (χ2n) is 8.52. The normalized spacial score (nSPS) is 29.7. The number of likely N-dealkylation sites (tertiary alicyclic amines) is 1. The van der Waals surface area contributed by atoms with Gasteiger partial charge in [0.15, 0.2) is 0 Å². The van der Waals surface area contributed by atoms with E-state index in [9.17, 15) is 18.6 Å². The lowest BCUT2D eigenvalue weighted by Crippen LogP contribution is -2.62. The summed E-state index contributed by atoms with van der Waals surface area (Å²) in [5, 5.41) is 22.6. The Morgan fingerprint density at radius 2 is 1.83 bits per heavy atom. The molecule has 0 spiro atoms. The van der Waals surface area contributed by atoms with Crippen molar-refractivity contribution in [2.24, 2.45) is 0 Å². The van der Waals surface area contributed by atoms with Gasteiger partial charge in [0.1, 0.15) is 5.60 Å². The third-order valence-electron chi connectivity index (χ3n) is 6.52. The van der Waals surface area contributed by atoms with Gasteiger partial charge in [-0.15, -0.1) is 0 Å². The molecule has 1 aliphatic carbocycles. The first-order valence-corrected chi connectivity index (χ1v) is 11.2. The summed E-state index contributed by atoms with van der Waals surface area (Å²) < 4.78 is 28.0. The predicted molar refractivity (Wildman–Crippen MR) is 110 cm³/mol. The monoisotopic (exact) mass is 412 g/mol. The van der Waals surface area contributed by atoms with E-state index in [4.69, 9.17) is 0 Å². The van der Waals surface area contributed by atoms with Crippen LogP contribution in [0.25, 0.3) is 10.9 Å². The number of β-amino-alcohol motifs (C(OH)–C–C–N with tert-alkyl or cyclic N) is 1. The molecule has 1 aromatic heterocycles. The molecule has 1 aliphatic heterocycles. The van der Waals surface area contributed by atoms with Crippen LogP contribution in [0.4, 0.5) is 0 Å². The lowest BCUT2D eigenvalue weighted by molar-refractivity contribution is -0.133. The van der Waals surface area contributed by atoms with Crippen LogP contribution in [0, 0.1) is 0 Å². The summed E-state index contributed by atoms with van der Waals surface area (Å²) in [6, 6.07) is 14.0. The van der Waals surface area contributed by atoms with E-state index >= 15 is 0 Å². The molecule has 2 heterocycles. The standard InChI is InChI=1S/C22H24N2O4S/c1-22(26)13-23(2)18-11-14-12-24(29(27,28)15-7-4-3-5-8-15)17-10-6-9-16(19(14)17)20(18)21(22)25/h3-10,12,18,20-21,25-26H,11,13H2,1-2H3. The SMILES string of the molecule is CN1CC(C)(O)C(O)C2c3cccc4c3c(cn4S(=O)(=O)c3ccccc3)CC21. The number of aliphatic hydroxyl groups excluding tert-OH is 1. The van der Waals surface area contributed by atoms with Gasteiger partial charge in [-0.3, -0.25) is 4.90 Å². The minimum atomic E-state index is -3.74. The van der Waals surface area contributed by atoms with Crippen LogP contribution in [-0.4, -0.2) is 58.8 Å². The highest BCUT2D eigenvalue weighted by molar-refractivity contribution is 7.90. The van der Waals surface area contributed by atoms with E-state index < -0.39 is 21.7 Å². The molecule has 2 N–H and O–H groups in total. The van der Waals surface area contributed by atoms with E-state index in [2.05, 4.69) is 4.90 Å². The fraction of sp³-hybridized carbons (Fsp3) is 0.364. The smallest absolute Gasteiger partial charge is 0.268 e. The third kappa shape index (κ3) is 2.61. The molecule has 2 aromatic carbocycles. The fourth-order valence-corrected chi connectivity index (χ4v) is 6.58. The third-order valence-corrected chi connectivity index (χ3v) is 8.21. The highest BCUT2D eigenvalue weighted by atomic mass is 32.2. The zero-order chi connectivity index (χ0) is 20.6. The summed E-state index contributed by atoms with van der Waals surface area (Å²) in [6.07, 6.45) is 1.43. The summed E-state index contributed by atoms with van der Waals surface area (Å²) >= 11 is 0. The zero-order valence-electron chi connectivity index (χ0n) is 16.4. The molecule has 0 bridgehead atoms. The molecule has 0 amide bonds. The molecule has 152 valence electrons. The Labute approximate surface area is 170 Å². The van der Waals surface area contributed by atoms with Gasteiger partial charge < -0.3 is 10.2 Å². The number of aliphatic hydroxyl groups is 2. The molecule has 7 heteroatoms. The molecule has 5 rings (SSSR count). The highest BCUT2D eigenvalue weighted by Crippen LogP contribution is 2.46. The maximum absolute atomic E-state index is 13.3. The van der Waals surface area contributed by atoms with Crippen molar-refractivity contribution in [2.45, 2.75) is 41.9 Å². The van der Waals surface area contributed by atoms with Crippen molar-refractivity contribution in [3.8, 4) is 0 Å². The second kappa shape index (κ2) is 6.15. The Balaban J connectivity index is 1.74. The molecular weight excluding hydrogens is 388 g/mol. The van der Waals surface area contributed by atoms with Gasteiger partial charge in [-0.25, -0.2) is 12.4 Å². The van der Waals surface area contributed by atoms with Crippen molar-refractivity contribution >= 4 is 20.9 Å². The number of hydrogen-bond donors (Lipinski definition) is 2. The average molecular weight is 413 g/mol. The van der Waals surface area contributed by atoms with Crippen LogP contribution in [0.1, 0.15) is 24.0 Å². The first-order chi connectivity index (χ1) is 13.7. The first kappa shape index (κ1) is 18.8. The van der Waals surface area contributed by atoms with Crippen LogP contribution in [0.15, 0.2) is 59.6 Å². The quantitative estimate of drug-likeness (QED) is 0.672. The maximum atomic E-state index is 13.3. The zero-order valence-corrected chi connectivity index (χ0v) is 17.2.